The topological polar surface area (TPSA) is 65.1 Å². The van der Waals surface area contributed by atoms with E-state index in [2.05, 4.69) is 36.1 Å². The average molecular weight is 444 g/mol. The molecule has 0 spiro atoms. The molecule has 4 aromatic rings. The number of imidazole rings is 1. The summed E-state index contributed by atoms with van der Waals surface area (Å²) in [7, 11) is 1.70. The van der Waals surface area contributed by atoms with Crippen molar-refractivity contribution in [1.82, 2.24) is 18.7 Å². The fraction of sp³-hybridized carbons (Fsp3) is 0.346. The number of nitrogens with zero attached hydrogens (tertiary/aromatic N) is 5. The number of fused-ring (bicyclic) bond motifs is 3. The van der Waals surface area contributed by atoms with Gasteiger partial charge in [-0.3, -0.25) is 13.9 Å². The Kier molecular flexibility index (Phi) is 5.40. The molecule has 3 heterocycles. The van der Waals surface area contributed by atoms with Gasteiger partial charge >= 0.3 is 5.69 Å². The van der Waals surface area contributed by atoms with E-state index >= 15 is 0 Å². The quantitative estimate of drug-likeness (QED) is 0.482. The molecular formula is C26H29N5O2. The third kappa shape index (κ3) is 3.67. The van der Waals surface area contributed by atoms with Crippen LogP contribution >= 0.6 is 0 Å². The van der Waals surface area contributed by atoms with Crippen molar-refractivity contribution in [1.29, 1.82) is 0 Å². The van der Waals surface area contributed by atoms with Gasteiger partial charge in [0.2, 0.25) is 5.95 Å². The molecule has 0 radical (unpaired) electrons. The van der Waals surface area contributed by atoms with E-state index in [9.17, 15) is 9.59 Å². The van der Waals surface area contributed by atoms with Gasteiger partial charge in [-0.15, -0.1) is 0 Å². The molecule has 170 valence electrons. The molecule has 0 fully saturated rings. The van der Waals surface area contributed by atoms with E-state index in [0.717, 1.165) is 48.6 Å². The predicted octanol–water partition coefficient (Wildman–Crippen LogP) is 3.75. The smallest absolute Gasteiger partial charge is 0.312 e. The number of hydrogen-bond acceptors (Lipinski definition) is 4. The fourth-order valence-electron chi connectivity index (χ4n) is 4.59. The van der Waals surface area contributed by atoms with E-state index in [0.29, 0.717) is 17.7 Å². The van der Waals surface area contributed by atoms with Crippen molar-refractivity contribution in [2.75, 3.05) is 11.4 Å². The molecule has 0 bridgehead atoms. The van der Waals surface area contributed by atoms with Crippen LogP contribution in [0.1, 0.15) is 36.5 Å². The second-order valence-corrected chi connectivity index (χ2v) is 8.83. The minimum absolute atomic E-state index is 0.241. The van der Waals surface area contributed by atoms with Crippen LogP contribution in [0.4, 0.5) is 11.6 Å². The minimum Gasteiger partial charge on any atom is -0.312 e. The lowest BCUT2D eigenvalue weighted by Gasteiger charge is -2.22. The molecular weight excluding hydrogens is 414 g/mol. The van der Waals surface area contributed by atoms with Crippen LogP contribution < -0.4 is 16.1 Å². The summed E-state index contributed by atoms with van der Waals surface area (Å²) >= 11 is 0. The van der Waals surface area contributed by atoms with E-state index in [1.54, 1.807) is 7.05 Å². The number of anilines is 2. The van der Waals surface area contributed by atoms with Gasteiger partial charge in [-0.2, -0.15) is 4.98 Å². The SMILES string of the molecule is CCc1ccc(N2CCCCn3c2nc2c3c(=O)n(Cc3ccc(C)cc3)c(=O)n2C)cc1. The minimum atomic E-state index is -0.347. The number of aromatic nitrogens is 4. The summed E-state index contributed by atoms with van der Waals surface area (Å²) in [5, 5.41) is 0. The summed E-state index contributed by atoms with van der Waals surface area (Å²) in [4.78, 5) is 33.8. The first kappa shape index (κ1) is 21.2. The summed E-state index contributed by atoms with van der Waals surface area (Å²) in [6, 6.07) is 16.4. The zero-order valence-electron chi connectivity index (χ0n) is 19.4. The van der Waals surface area contributed by atoms with Gasteiger partial charge < -0.3 is 9.47 Å². The fourth-order valence-corrected chi connectivity index (χ4v) is 4.59. The summed E-state index contributed by atoms with van der Waals surface area (Å²) in [5.74, 6) is 0.729. The highest BCUT2D eigenvalue weighted by Crippen LogP contribution is 2.30. The Morgan fingerprint density at radius 1 is 0.909 bits per heavy atom. The molecule has 1 aliphatic rings. The molecule has 0 saturated carbocycles. The summed E-state index contributed by atoms with van der Waals surface area (Å²) in [5.41, 5.74) is 4.71. The third-order valence-corrected chi connectivity index (χ3v) is 6.58. The molecule has 2 aromatic carbocycles. The van der Waals surface area contributed by atoms with Crippen molar-refractivity contribution in [3.63, 3.8) is 0 Å². The number of aryl methyl sites for hydroxylation is 4. The monoisotopic (exact) mass is 443 g/mol. The second kappa shape index (κ2) is 8.39. The summed E-state index contributed by atoms with van der Waals surface area (Å²) in [6.45, 7) is 5.92. The highest BCUT2D eigenvalue weighted by atomic mass is 16.2. The Balaban J connectivity index is 1.68. The van der Waals surface area contributed by atoms with Crippen molar-refractivity contribution in [3.05, 3.63) is 86.1 Å². The molecule has 0 amide bonds. The second-order valence-electron chi connectivity index (χ2n) is 8.83. The number of rotatable bonds is 4. The highest BCUT2D eigenvalue weighted by Gasteiger charge is 2.26. The van der Waals surface area contributed by atoms with Crippen molar-refractivity contribution in [2.24, 2.45) is 7.05 Å². The molecule has 2 aromatic heterocycles. The van der Waals surface area contributed by atoms with Crippen molar-refractivity contribution in [3.8, 4) is 0 Å². The predicted molar refractivity (Wildman–Crippen MR) is 132 cm³/mol. The molecule has 7 heteroatoms. The Morgan fingerprint density at radius 3 is 2.27 bits per heavy atom. The van der Waals surface area contributed by atoms with Crippen molar-refractivity contribution < 1.29 is 0 Å². The van der Waals surface area contributed by atoms with E-state index in [4.69, 9.17) is 4.98 Å². The van der Waals surface area contributed by atoms with Crippen LogP contribution in [0.25, 0.3) is 11.2 Å². The van der Waals surface area contributed by atoms with Crippen LogP contribution in [0.5, 0.6) is 0 Å². The maximum absolute atomic E-state index is 13.6. The lowest BCUT2D eigenvalue weighted by atomic mass is 10.1. The molecule has 0 N–H and O–H groups in total. The van der Waals surface area contributed by atoms with Crippen LogP contribution in [0.2, 0.25) is 0 Å². The van der Waals surface area contributed by atoms with Gasteiger partial charge in [-0.05, 0) is 49.4 Å². The Labute approximate surface area is 192 Å². The van der Waals surface area contributed by atoms with E-state index in [-0.39, 0.29) is 17.8 Å². The molecule has 7 nitrogen and oxygen atoms in total. The first-order valence-corrected chi connectivity index (χ1v) is 11.6. The third-order valence-electron chi connectivity index (χ3n) is 6.58. The van der Waals surface area contributed by atoms with Gasteiger partial charge in [0, 0.05) is 25.8 Å². The molecule has 33 heavy (non-hydrogen) atoms. The van der Waals surface area contributed by atoms with Crippen molar-refractivity contribution in [2.45, 2.75) is 46.2 Å². The number of hydrogen-bond donors (Lipinski definition) is 0. The van der Waals surface area contributed by atoms with Crippen LogP contribution in [0.3, 0.4) is 0 Å². The first-order chi connectivity index (χ1) is 16.0. The summed E-state index contributed by atoms with van der Waals surface area (Å²) < 4.78 is 4.83. The summed E-state index contributed by atoms with van der Waals surface area (Å²) in [6.07, 6.45) is 2.94. The van der Waals surface area contributed by atoms with E-state index < -0.39 is 0 Å². The van der Waals surface area contributed by atoms with Gasteiger partial charge in [0.1, 0.15) is 0 Å². The van der Waals surface area contributed by atoms with Crippen LogP contribution in [0.15, 0.2) is 58.1 Å². The van der Waals surface area contributed by atoms with Gasteiger partial charge in [-0.25, -0.2) is 4.79 Å². The molecule has 0 atom stereocenters. The molecule has 0 saturated heterocycles. The van der Waals surface area contributed by atoms with Gasteiger partial charge in [0.25, 0.3) is 5.56 Å². The van der Waals surface area contributed by atoms with E-state index in [1.807, 2.05) is 35.8 Å². The van der Waals surface area contributed by atoms with Gasteiger partial charge in [0.05, 0.1) is 6.54 Å². The largest absolute Gasteiger partial charge is 0.332 e. The zero-order chi connectivity index (χ0) is 23.1. The van der Waals surface area contributed by atoms with Gasteiger partial charge in [-0.1, -0.05) is 48.9 Å². The Hall–Kier alpha value is -3.61. The van der Waals surface area contributed by atoms with Crippen LogP contribution in [0, 0.1) is 6.92 Å². The normalized spacial score (nSPS) is 13.8. The standard InChI is InChI=1S/C26H29N5O2/c1-4-19-11-13-21(14-12-19)29-15-5-6-16-30-22-23(27-25(29)30)28(3)26(33)31(24(22)32)17-20-9-7-18(2)8-10-20/h7-14H,4-6,15-17H2,1-3H3. The van der Waals surface area contributed by atoms with Crippen molar-refractivity contribution >= 4 is 22.8 Å². The molecule has 0 unspecified atom stereocenters. The van der Waals surface area contributed by atoms with Crippen LogP contribution in [-0.2, 0) is 26.6 Å². The number of benzene rings is 2. The zero-order valence-corrected chi connectivity index (χ0v) is 19.4. The van der Waals surface area contributed by atoms with Crippen LogP contribution in [-0.4, -0.2) is 25.2 Å². The molecule has 1 aliphatic heterocycles. The average Bonchev–Trinajstić information content (AvgIpc) is 3.09. The highest BCUT2D eigenvalue weighted by molar-refractivity contribution is 5.76. The Morgan fingerprint density at radius 2 is 1.58 bits per heavy atom. The Bertz CT molecular complexity index is 1430. The van der Waals surface area contributed by atoms with Gasteiger partial charge in [0.15, 0.2) is 11.2 Å². The first-order valence-electron chi connectivity index (χ1n) is 11.6. The lowest BCUT2D eigenvalue weighted by Crippen LogP contribution is -2.40. The molecule has 5 rings (SSSR count). The maximum Gasteiger partial charge on any atom is 0.332 e. The van der Waals surface area contributed by atoms with E-state index in [1.165, 1.54) is 14.7 Å². The lowest BCUT2D eigenvalue weighted by molar-refractivity contribution is 0.638. The maximum atomic E-state index is 13.6. The molecule has 0 aliphatic carbocycles.